The molecule has 112 valence electrons. The van der Waals surface area contributed by atoms with Gasteiger partial charge in [-0.15, -0.1) is 0 Å². The number of anilines is 1. The van der Waals surface area contributed by atoms with Crippen LogP contribution in [0.4, 0.5) is 5.69 Å². The summed E-state index contributed by atoms with van der Waals surface area (Å²) in [5.41, 5.74) is 2.77. The maximum atomic E-state index is 9.72. The molecule has 5 nitrogen and oxygen atoms in total. The Kier molecular flexibility index (Phi) is 5.11. The van der Waals surface area contributed by atoms with E-state index in [0.29, 0.717) is 18.1 Å². The van der Waals surface area contributed by atoms with Gasteiger partial charge < -0.3 is 4.90 Å². The zero-order chi connectivity index (χ0) is 15.2. The van der Waals surface area contributed by atoms with Crippen molar-refractivity contribution in [3.05, 3.63) is 41.7 Å². The van der Waals surface area contributed by atoms with Gasteiger partial charge in [-0.25, -0.2) is 9.98 Å². The number of amidine groups is 1. The molecule has 1 aliphatic rings. The van der Waals surface area contributed by atoms with Gasteiger partial charge in [0.25, 0.3) is 0 Å². The van der Waals surface area contributed by atoms with Crippen LogP contribution < -0.4 is 4.90 Å². The van der Waals surface area contributed by atoms with Crippen LogP contribution in [0.25, 0.3) is 0 Å². The highest BCUT2D eigenvalue weighted by Crippen LogP contribution is 2.16. The smallest absolute Gasteiger partial charge is 0.159 e. The molecule has 1 aliphatic heterocycles. The van der Waals surface area contributed by atoms with E-state index in [0.717, 1.165) is 24.1 Å². The van der Waals surface area contributed by atoms with Crippen molar-refractivity contribution in [2.75, 3.05) is 25.5 Å². The molecule has 0 radical (unpaired) electrons. The van der Waals surface area contributed by atoms with Crippen LogP contribution in [0.3, 0.4) is 0 Å². The molecule has 0 spiro atoms. The Bertz CT molecular complexity index is 558. The zero-order valence-electron chi connectivity index (χ0n) is 12.8. The molecule has 0 aromatic heterocycles. The predicted octanol–water partition coefficient (Wildman–Crippen LogP) is 2.92. The van der Waals surface area contributed by atoms with E-state index in [1.165, 1.54) is 5.06 Å². The number of unbranched alkanes of at least 4 members (excludes halogenated alkanes) is 1. The molecule has 0 amide bonds. The van der Waals surface area contributed by atoms with E-state index >= 15 is 0 Å². The Balaban J connectivity index is 2.07. The first-order valence-electron chi connectivity index (χ1n) is 7.18. The first kappa shape index (κ1) is 15.3. The van der Waals surface area contributed by atoms with E-state index < -0.39 is 0 Å². The number of aliphatic imine (C=N–C) groups is 2. The number of hydrogen-bond acceptors (Lipinski definition) is 5. The van der Waals surface area contributed by atoms with Crippen LogP contribution in [-0.4, -0.2) is 43.0 Å². The summed E-state index contributed by atoms with van der Waals surface area (Å²) in [6.45, 7) is 2.70. The monoisotopic (exact) mass is 286 g/mol. The number of rotatable bonds is 6. The van der Waals surface area contributed by atoms with E-state index in [-0.39, 0.29) is 0 Å². The SMILES string of the molecule is CCCCN(O)/C=C1\C=NC(c2ccc(N(C)C)cc2)=N1. The van der Waals surface area contributed by atoms with Gasteiger partial charge in [0, 0.05) is 31.9 Å². The molecule has 0 atom stereocenters. The molecule has 1 heterocycles. The van der Waals surface area contributed by atoms with Gasteiger partial charge in [0.1, 0.15) is 5.70 Å². The Morgan fingerprint density at radius 3 is 2.52 bits per heavy atom. The third-order valence-electron chi connectivity index (χ3n) is 3.22. The lowest BCUT2D eigenvalue weighted by Crippen LogP contribution is -2.13. The van der Waals surface area contributed by atoms with Crippen LogP contribution in [-0.2, 0) is 0 Å². The van der Waals surface area contributed by atoms with Crippen molar-refractivity contribution in [2.45, 2.75) is 19.8 Å². The van der Waals surface area contributed by atoms with Crippen molar-refractivity contribution in [3.8, 4) is 0 Å². The summed E-state index contributed by atoms with van der Waals surface area (Å²) in [6.07, 6.45) is 5.27. The van der Waals surface area contributed by atoms with E-state index in [2.05, 4.69) is 16.9 Å². The van der Waals surface area contributed by atoms with Gasteiger partial charge in [-0.3, -0.25) is 10.3 Å². The standard InChI is InChI=1S/C16H22N4O/c1-4-5-10-20(21)12-14-11-17-16(18-14)13-6-8-15(9-7-13)19(2)3/h6-9,11-12,21H,4-5,10H2,1-3H3/b14-12+. The summed E-state index contributed by atoms with van der Waals surface area (Å²) < 4.78 is 0. The molecule has 1 N–H and O–H groups in total. The summed E-state index contributed by atoms with van der Waals surface area (Å²) >= 11 is 0. The predicted molar refractivity (Wildman–Crippen MR) is 87.3 cm³/mol. The lowest BCUT2D eigenvalue weighted by Gasteiger charge is -2.12. The van der Waals surface area contributed by atoms with Crippen LogP contribution in [0.15, 0.2) is 46.1 Å². The van der Waals surface area contributed by atoms with Crippen molar-refractivity contribution in [1.82, 2.24) is 5.06 Å². The molecule has 0 fully saturated rings. The van der Waals surface area contributed by atoms with Crippen molar-refractivity contribution in [2.24, 2.45) is 9.98 Å². The van der Waals surface area contributed by atoms with Crippen molar-refractivity contribution < 1.29 is 5.21 Å². The molecule has 1 aromatic rings. The Morgan fingerprint density at radius 2 is 1.90 bits per heavy atom. The topological polar surface area (TPSA) is 51.4 Å². The largest absolute Gasteiger partial charge is 0.378 e. The number of benzene rings is 1. The van der Waals surface area contributed by atoms with E-state index in [9.17, 15) is 5.21 Å². The minimum absolute atomic E-state index is 0.607. The molecule has 2 rings (SSSR count). The quantitative estimate of drug-likeness (QED) is 0.818. The summed E-state index contributed by atoms with van der Waals surface area (Å²) in [4.78, 5) is 10.8. The fourth-order valence-corrected chi connectivity index (χ4v) is 1.95. The van der Waals surface area contributed by atoms with Crippen LogP contribution in [0.2, 0.25) is 0 Å². The first-order valence-corrected chi connectivity index (χ1v) is 7.18. The van der Waals surface area contributed by atoms with Gasteiger partial charge in [-0.05, 0) is 30.7 Å². The number of hydroxylamine groups is 2. The molecule has 0 bridgehead atoms. The van der Waals surface area contributed by atoms with Crippen molar-refractivity contribution >= 4 is 17.7 Å². The molecular weight excluding hydrogens is 264 g/mol. The van der Waals surface area contributed by atoms with Gasteiger partial charge in [0.2, 0.25) is 0 Å². The third kappa shape index (κ3) is 4.16. The fraction of sp³-hybridized carbons (Fsp3) is 0.375. The highest BCUT2D eigenvalue weighted by molar-refractivity contribution is 6.10. The second-order valence-electron chi connectivity index (χ2n) is 5.21. The highest BCUT2D eigenvalue weighted by atomic mass is 16.5. The molecule has 0 aliphatic carbocycles. The highest BCUT2D eigenvalue weighted by Gasteiger charge is 2.09. The molecule has 1 aromatic carbocycles. The first-order chi connectivity index (χ1) is 10.1. The van der Waals surface area contributed by atoms with Crippen LogP contribution >= 0.6 is 0 Å². The summed E-state index contributed by atoms with van der Waals surface area (Å²) in [7, 11) is 4.01. The van der Waals surface area contributed by atoms with Crippen molar-refractivity contribution in [1.29, 1.82) is 0 Å². The second kappa shape index (κ2) is 7.04. The minimum Gasteiger partial charge on any atom is -0.378 e. The molecular formula is C16H22N4O. The van der Waals surface area contributed by atoms with Gasteiger partial charge in [-0.2, -0.15) is 0 Å². The van der Waals surface area contributed by atoms with Gasteiger partial charge in [0.15, 0.2) is 5.84 Å². The Hall–Kier alpha value is -2.14. The average molecular weight is 286 g/mol. The number of nitrogens with zero attached hydrogens (tertiary/aromatic N) is 4. The van der Waals surface area contributed by atoms with Crippen LogP contribution in [0, 0.1) is 0 Å². The lowest BCUT2D eigenvalue weighted by molar-refractivity contribution is -0.0419. The van der Waals surface area contributed by atoms with Crippen LogP contribution in [0.1, 0.15) is 25.3 Å². The molecule has 5 heteroatoms. The number of allylic oxidation sites excluding steroid dienone is 1. The third-order valence-corrected chi connectivity index (χ3v) is 3.22. The zero-order valence-corrected chi connectivity index (χ0v) is 12.8. The van der Waals surface area contributed by atoms with Gasteiger partial charge in [-0.1, -0.05) is 13.3 Å². The van der Waals surface area contributed by atoms with Crippen LogP contribution in [0.5, 0.6) is 0 Å². The minimum atomic E-state index is 0.607. The average Bonchev–Trinajstić information content (AvgIpc) is 2.93. The second-order valence-corrected chi connectivity index (χ2v) is 5.21. The lowest BCUT2D eigenvalue weighted by atomic mass is 10.2. The Morgan fingerprint density at radius 1 is 1.19 bits per heavy atom. The molecule has 21 heavy (non-hydrogen) atoms. The summed E-state index contributed by atoms with van der Waals surface area (Å²) in [5, 5.41) is 10.9. The molecule has 0 unspecified atom stereocenters. The number of hydrogen-bond donors (Lipinski definition) is 1. The van der Waals surface area contributed by atoms with Gasteiger partial charge in [0.05, 0.1) is 12.4 Å². The van der Waals surface area contributed by atoms with Gasteiger partial charge >= 0.3 is 0 Å². The Labute approximate surface area is 125 Å². The molecule has 0 saturated heterocycles. The fourth-order valence-electron chi connectivity index (χ4n) is 1.95. The molecule has 0 saturated carbocycles. The van der Waals surface area contributed by atoms with E-state index in [1.54, 1.807) is 12.4 Å². The maximum absolute atomic E-state index is 9.72. The summed E-state index contributed by atoms with van der Waals surface area (Å²) in [6, 6.07) is 8.08. The van der Waals surface area contributed by atoms with E-state index in [1.807, 2.05) is 43.3 Å². The summed E-state index contributed by atoms with van der Waals surface area (Å²) in [5.74, 6) is 0.676. The normalized spacial score (nSPS) is 15.4. The van der Waals surface area contributed by atoms with E-state index in [4.69, 9.17) is 0 Å². The maximum Gasteiger partial charge on any atom is 0.159 e. The van der Waals surface area contributed by atoms with Crippen molar-refractivity contribution in [3.63, 3.8) is 0 Å².